The highest BCUT2D eigenvalue weighted by molar-refractivity contribution is 5.97. The van der Waals surface area contributed by atoms with Gasteiger partial charge in [-0.05, 0) is 52.3 Å². The topological polar surface area (TPSA) is 87.7 Å². The SMILES string of the molecule is Cc1ccc(NC(=O)C(C)NC(=O)OC(C)(C)C)c(O)c1. The minimum atomic E-state index is -0.791. The molecule has 0 aliphatic heterocycles. The zero-order valence-electron chi connectivity index (χ0n) is 13.0. The molecule has 0 aliphatic rings. The van der Waals surface area contributed by atoms with Crippen molar-refractivity contribution in [2.75, 3.05) is 5.32 Å². The van der Waals surface area contributed by atoms with Gasteiger partial charge in [-0.3, -0.25) is 4.79 Å². The molecule has 1 rings (SSSR count). The van der Waals surface area contributed by atoms with Crippen LogP contribution in [0.4, 0.5) is 10.5 Å². The van der Waals surface area contributed by atoms with Gasteiger partial charge in [-0.1, -0.05) is 6.07 Å². The normalized spacial score (nSPS) is 12.4. The third-order valence-corrected chi connectivity index (χ3v) is 2.54. The number of hydrogen-bond donors (Lipinski definition) is 3. The van der Waals surface area contributed by atoms with E-state index < -0.39 is 23.6 Å². The first-order valence-corrected chi connectivity index (χ1v) is 6.68. The average molecular weight is 294 g/mol. The van der Waals surface area contributed by atoms with Crippen LogP contribution in [0.25, 0.3) is 0 Å². The number of aromatic hydroxyl groups is 1. The van der Waals surface area contributed by atoms with Crippen LogP contribution in [-0.2, 0) is 9.53 Å². The van der Waals surface area contributed by atoms with Crippen molar-refractivity contribution < 1.29 is 19.4 Å². The first kappa shape index (κ1) is 16.8. The molecule has 1 aromatic rings. The van der Waals surface area contributed by atoms with Crippen molar-refractivity contribution in [3.05, 3.63) is 23.8 Å². The Kier molecular flexibility index (Phi) is 5.18. The maximum Gasteiger partial charge on any atom is 0.408 e. The summed E-state index contributed by atoms with van der Waals surface area (Å²) in [5.41, 5.74) is 0.545. The monoisotopic (exact) mass is 294 g/mol. The number of phenols is 1. The number of rotatable bonds is 3. The van der Waals surface area contributed by atoms with Crippen LogP contribution in [0.2, 0.25) is 0 Å². The zero-order valence-corrected chi connectivity index (χ0v) is 13.0. The van der Waals surface area contributed by atoms with E-state index in [2.05, 4.69) is 10.6 Å². The van der Waals surface area contributed by atoms with Gasteiger partial charge in [0.05, 0.1) is 5.69 Å². The molecule has 1 aromatic carbocycles. The quantitative estimate of drug-likeness (QED) is 0.748. The van der Waals surface area contributed by atoms with E-state index in [1.807, 2.05) is 6.92 Å². The predicted octanol–water partition coefficient (Wildman–Crippen LogP) is 2.55. The molecule has 3 N–H and O–H groups in total. The fraction of sp³-hybridized carbons (Fsp3) is 0.467. The lowest BCUT2D eigenvalue weighted by atomic mass is 10.2. The number of anilines is 1. The molecule has 2 amide bonds. The molecule has 21 heavy (non-hydrogen) atoms. The molecule has 0 heterocycles. The number of amides is 2. The molecule has 0 aliphatic carbocycles. The number of carbonyl (C=O) groups is 2. The van der Waals surface area contributed by atoms with Crippen molar-refractivity contribution in [3.63, 3.8) is 0 Å². The van der Waals surface area contributed by atoms with Crippen molar-refractivity contribution in [2.45, 2.75) is 46.3 Å². The number of alkyl carbamates (subject to hydrolysis) is 1. The van der Waals surface area contributed by atoms with Gasteiger partial charge < -0.3 is 20.5 Å². The number of ether oxygens (including phenoxy) is 1. The van der Waals surface area contributed by atoms with Crippen molar-refractivity contribution in [3.8, 4) is 5.75 Å². The van der Waals surface area contributed by atoms with E-state index in [-0.39, 0.29) is 5.75 Å². The van der Waals surface area contributed by atoms with Crippen LogP contribution in [-0.4, -0.2) is 28.7 Å². The molecule has 6 heteroatoms. The van der Waals surface area contributed by atoms with E-state index in [4.69, 9.17) is 4.74 Å². The molecular weight excluding hydrogens is 272 g/mol. The minimum absolute atomic E-state index is 0.0205. The smallest absolute Gasteiger partial charge is 0.408 e. The fourth-order valence-electron chi connectivity index (χ4n) is 1.54. The Bertz CT molecular complexity index is 535. The van der Waals surface area contributed by atoms with Gasteiger partial charge in [0.1, 0.15) is 17.4 Å². The predicted molar refractivity (Wildman–Crippen MR) is 80.3 cm³/mol. The Morgan fingerprint density at radius 2 is 1.90 bits per heavy atom. The van der Waals surface area contributed by atoms with Crippen molar-refractivity contribution in [1.29, 1.82) is 0 Å². The van der Waals surface area contributed by atoms with E-state index in [0.717, 1.165) is 5.56 Å². The highest BCUT2D eigenvalue weighted by atomic mass is 16.6. The van der Waals surface area contributed by atoms with Crippen LogP contribution >= 0.6 is 0 Å². The number of aryl methyl sites for hydroxylation is 1. The Morgan fingerprint density at radius 3 is 2.43 bits per heavy atom. The van der Waals surface area contributed by atoms with E-state index in [1.165, 1.54) is 6.92 Å². The maximum absolute atomic E-state index is 12.0. The number of phenolic OH excluding ortho intramolecular Hbond substituents is 1. The fourth-order valence-corrected chi connectivity index (χ4v) is 1.54. The first-order valence-electron chi connectivity index (χ1n) is 6.68. The first-order chi connectivity index (χ1) is 9.58. The van der Waals surface area contributed by atoms with E-state index in [1.54, 1.807) is 39.0 Å². The summed E-state index contributed by atoms with van der Waals surface area (Å²) in [6.07, 6.45) is -0.668. The average Bonchev–Trinajstić information content (AvgIpc) is 2.29. The number of benzene rings is 1. The highest BCUT2D eigenvalue weighted by Crippen LogP contribution is 2.23. The van der Waals surface area contributed by atoms with Crippen molar-refractivity contribution in [2.24, 2.45) is 0 Å². The van der Waals surface area contributed by atoms with Crippen LogP contribution in [0.5, 0.6) is 5.75 Å². The number of carbonyl (C=O) groups excluding carboxylic acids is 2. The summed E-state index contributed by atoms with van der Waals surface area (Å²) in [5, 5.41) is 14.7. The summed E-state index contributed by atoms with van der Waals surface area (Å²) < 4.78 is 5.07. The molecule has 0 saturated carbocycles. The van der Waals surface area contributed by atoms with Gasteiger partial charge in [0.15, 0.2) is 0 Å². The molecular formula is C15H22N2O4. The summed E-state index contributed by atoms with van der Waals surface area (Å²) in [6, 6.07) is 4.12. The Hall–Kier alpha value is -2.24. The number of nitrogens with one attached hydrogen (secondary N) is 2. The second kappa shape index (κ2) is 6.47. The van der Waals surface area contributed by atoms with Crippen LogP contribution in [0.1, 0.15) is 33.3 Å². The molecule has 0 aromatic heterocycles. The summed E-state index contributed by atoms with van der Waals surface area (Å²) in [4.78, 5) is 23.5. The van der Waals surface area contributed by atoms with Crippen molar-refractivity contribution >= 4 is 17.7 Å². The molecule has 0 spiro atoms. The molecule has 0 fully saturated rings. The molecule has 0 saturated heterocycles. The maximum atomic E-state index is 12.0. The van der Waals surface area contributed by atoms with Crippen LogP contribution in [0.15, 0.2) is 18.2 Å². The summed E-state index contributed by atoms with van der Waals surface area (Å²) in [7, 11) is 0. The third-order valence-electron chi connectivity index (χ3n) is 2.54. The summed E-state index contributed by atoms with van der Waals surface area (Å²) >= 11 is 0. The van der Waals surface area contributed by atoms with Crippen LogP contribution in [0.3, 0.4) is 0 Å². The summed E-state index contributed by atoms with van der Waals surface area (Å²) in [5.74, 6) is -0.465. The van der Waals surface area contributed by atoms with E-state index in [9.17, 15) is 14.7 Å². The lowest BCUT2D eigenvalue weighted by Crippen LogP contribution is -2.43. The second-order valence-electron chi connectivity index (χ2n) is 5.88. The molecule has 1 atom stereocenters. The van der Waals surface area contributed by atoms with Gasteiger partial charge in [-0.25, -0.2) is 4.79 Å². The Morgan fingerprint density at radius 1 is 1.29 bits per heavy atom. The highest BCUT2D eigenvalue weighted by Gasteiger charge is 2.21. The Labute approximate surface area is 124 Å². The lowest BCUT2D eigenvalue weighted by Gasteiger charge is -2.21. The second-order valence-corrected chi connectivity index (χ2v) is 5.88. The lowest BCUT2D eigenvalue weighted by molar-refractivity contribution is -0.117. The summed E-state index contributed by atoms with van der Waals surface area (Å²) in [6.45, 7) is 8.58. The molecule has 1 unspecified atom stereocenters. The van der Waals surface area contributed by atoms with Crippen LogP contribution in [0, 0.1) is 6.92 Å². The van der Waals surface area contributed by atoms with Gasteiger partial charge in [-0.15, -0.1) is 0 Å². The van der Waals surface area contributed by atoms with Crippen LogP contribution < -0.4 is 10.6 Å². The molecule has 0 bridgehead atoms. The van der Waals surface area contributed by atoms with Gasteiger partial charge in [0.25, 0.3) is 0 Å². The standard InChI is InChI=1S/C15H22N2O4/c1-9-6-7-11(12(18)8-9)17-13(19)10(2)16-14(20)21-15(3,4)5/h6-8,10,18H,1-5H3,(H,16,20)(H,17,19). The van der Waals surface area contributed by atoms with E-state index >= 15 is 0 Å². The van der Waals surface area contributed by atoms with Crippen molar-refractivity contribution in [1.82, 2.24) is 5.32 Å². The minimum Gasteiger partial charge on any atom is -0.506 e. The number of hydrogen-bond acceptors (Lipinski definition) is 4. The molecule has 6 nitrogen and oxygen atoms in total. The van der Waals surface area contributed by atoms with E-state index in [0.29, 0.717) is 5.69 Å². The largest absolute Gasteiger partial charge is 0.506 e. The van der Waals surface area contributed by atoms with Gasteiger partial charge >= 0.3 is 6.09 Å². The molecule has 0 radical (unpaired) electrons. The van der Waals surface area contributed by atoms with Gasteiger partial charge in [0.2, 0.25) is 5.91 Å². The van der Waals surface area contributed by atoms with Gasteiger partial charge in [-0.2, -0.15) is 0 Å². The third kappa shape index (κ3) is 5.72. The molecule has 116 valence electrons. The van der Waals surface area contributed by atoms with Gasteiger partial charge in [0, 0.05) is 0 Å². The Balaban J connectivity index is 2.61. The zero-order chi connectivity index (χ0) is 16.2.